The van der Waals surface area contributed by atoms with Crippen LogP contribution in [0.5, 0.6) is 0 Å². The quantitative estimate of drug-likeness (QED) is 0.799. The number of anilines is 1. The Balaban J connectivity index is 2.18. The van der Waals surface area contributed by atoms with E-state index in [1.54, 1.807) is 19.1 Å². The Labute approximate surface area is 145 Å². The molecule has 126 valence electrons. The van der Waals surface area contributed by atoms with Crippen molar-refractivity contribution in [1.29, 1.82) is 5.26 Å². The molecule has 0 radical (unpaired) electrons. The van der Waals surface area contributed by atoms with Gasteiger partial charge in [0.2, 0.25) is 5.91 Å². The molecule has 2 aromatic heterocycles. The molecule has 0 aliphatic carbocycles. The van der Waals surface area contributed by atoms with E-state index in [1.807, 2.05) is 26.8 Å². The predicted octanol–water partition coefficient (Wildman–Crippen LogP) is 3.88. The summed E-state index contributed by atoms with van der Waals surface area (Å²) in [5, 5.41) is 16.0. The SMILES string of the molecule is CCC(Sc1nc(C(C)C)ccc1C#N)C(=O)Nc1cc(C)on1. The van der Waals surface area contributed by atoms with Gasteiger partial charge in [0, 0.05) is 11.8 Å². The number of hydrogen-bond acceptors (Lipinski definition) is 6. The first-order valence-corrected chi connectivity index (χ1v) is 8.64. The smallest absolute Gasteiger partial charge is 0.239 e. The van der Waals surface area contributed by atoms with Crippen molar-refractivity contribution >= 4 is 23.5 Å². The molecule has 0 bridgehead atoms. The summed E-state index contributed by atoms with van der Waals surface area (Å²) in [5.41, 5.74) is 1.38. The minimum atomic E-state index is -0.371. The lowest BCUT2D eigenvalue weighted by atomic mass is 10.1. The van der Waals surface area contributed by atoms with Gasteiger partial charge in [-0.25, -0.2) is 4.98 Å². The molecule has 0 aromatic carbocycles. The fourth-order valence-corrected chi connectivity index (χ4v) is 3.04. The summed E-state index contributed by atoms with van der Waals surface area (Å²) in [6.07, 6.45) is 0.603. The highest BCUT2D eigenvalue weighted by atomic mass is 32.2. The van der Waals surface area contributed by atoms with Gasteiger partial charge in [-0.3, -0.25) is 4.79 Å². The largest absolute Gasteiger partial charge is 0.360 e. The van der Waals surface area contributed by atoms with Crippen molar-refractivity contribution < 1.29 is 9.32 Å². The second-order valence-corrected chi connectivity index (χ2v) is 6.87. The van der Waals surface area contributed by atoms with Gasteiger partial charge >= 0.3 is 0 Å². The summed E-state index contributed by atoms with van der Waals surface area (Å²) in [4.78, 5) is 17.0. The molecular weight excluding hydrogens is 324 g/mol. The highest BCUT2D eigenvalue weighted by Gasteiger charge is 2.22. The average Bonchev–Trinajstić information content (AvgIpc) is 2.96. The van der Waals surface area contributed by atoms with Crippen molar-refractivity contribution in [3.63, 3.8) is 0 Å². The molecule has 1 N–H and O–H groups in total. The van der Waals surface area contributed by atoms with Crippen molar-refractivity contribution in [3.8, 4) is 6.07 Å². The first-order valence-electron chi connectivity index (χ1n) is 7.76. The fourth-order valence-electron chi connectivity index (χ4n) is 2.04. The summed E-state index contributed by atoms with van der Waals surface area (Å²) < 4.78 is 4.95. The number of nitrogens with zero attached hydrogens (tertiary/aromatic N) is 3. The van der Waals surface area contributed by atoms with Crippen LogP contribution in [0.2, 0.25) is 0 Å². The Morgan fingerprint density at radius 3 is 2.75 bits per heavy atom. The predicted molar refractivity (Wildman–Crippen MR) is 92.8 cm³/mol. The van der Waals surface area contributed by atoms with E-state index in [1.165, 1.54) is 11.8 Å². The second kappa shape index (κ2) is 7.97. The minimum absolute atomic E-state index is 0.184. The zero-order valence-electron chi connectivity index (χ0n) is 14.2. The van der Waals surface area contributed by atoms with Gasteiger partial charge in [0.15, 0.2) is 5.82 Å². The van der Waals surface area contributed by atoms with Crippen LogP contribution in [0.1, 0.15) is 50.1 Å². The Kier molecular flexibility index (Phi) is 5.99. The normalized spacial score (nSPS) is 12.0. The average molecular weight is 344 g/mol. The van der Waals surface area contributed by atoms with Crippen LogP contribution in [0.15, 0.2) is 27.7 Å². The number of nitrogens with one attached hydrogen (secondary N) is 1. The molecule has 0 saturated heterocycles. The van der Waals surface area contributed by atoms with Crippen LogP contribution in [-0.2, 0) is 4.79 Å². The first kappa shape index (κ1) is 18.0. The van der Waals surface area contributed by atoms with Gasteiger partial charge in [-0.05, 0) is 31.4 Å². The maximum atomic E-state index is 12.5. The van der Waals surface area contributed by atoms with Gasteiger partial charge in [-0.2, -0.15) is 5.26 Å². The molecule has 0 aliphatic rings. The summed E-state index contributed by atoms with van der Waals surface area (Å²) in [6, 6.07) is 7.41. The van der Waals surface area contributed by atoms with Crippen molar-refractivity contribution in [3.05, 3.63) is 35.2 Å². The maximum absolute atomic E-state index is 12.5. The Morgan fingerprint density at radius 1 is 1.46 bits per heavy atom. The van der Waals surface area contributed by atoms with Crippen LogP contribution < -0.4 is 5.32 Å². The molecule has 2 rings (SSSR count). The Morgan fingerprint density at radius 2 is 2.21 bits per heavy atom. The van der Waals surface area contributed by atoms with E-state index < -0.39 is 0 Å². The maximum Gasteiger partial charge on any atom is 0.239 e. The highest BCUT2D eigenvalue weighted by Crippen LogP contribution is 2.29. The van der Waals surface area contributed by atoms with Gasteiger partial charge in [0.1, 0.15) is 16.9 Å². The molecule has 7 heteroatoms. The molecule has 0 spiro atoms. The number of rotatable bonds is 6. The number of carbonyl (C=O) groups excluding carboxylic acids is 1. The van der Waals surface area contributed by atoms with Crippen molar-refractivity contribution in [2.45, 2.75) is 50.3 Å². The summed E-state index contributed by atoms with van der Waals surface area (Å²) in [6.45, 7) is 7.76. The van der Waals surface area contributed by atoms with Crippen molar-refractivity contribution in [1.82, 2.24) is 10.1 Å². The zero-order valence-corrected chi connectivity index (χ0v) is 15.0. The number of thioether (sulfide) groups is 1. The number of pyridine rings is 1. The lowest BCUT2D eigenvalue weighted by Crippen LogP contribution is -2.25. The molecule has 1 unspecified atom stereocenters. The molecule has 1 amide bonds. The molecule has 0 fully saturated rings. The van der Waals surface area contributed by atoms with Crippen LogP contribution in [0.4, 0.5) is 5.82 Å². The lowest BCUT2D eigenvalue weighted by molar-refractivity contribution is -0.115. The van der Waals surface area contributed by atoms with Crippen LogP contribution in [0, 0.1) is 18.3 Å². The third-order valence-electron chi connectivity index (χ3n) is 3.39. The topological polar surface area (TPSA) is 91.8 Å². The number of aryl methyl sites for hydroxylation is 1. The lowest BCUT2D eigenvalue weighted by Gasteiger charge is -2.15. The zero-order chi connectivity index (χ0) is 17.7. The molecule has 2 aromatic rings. The van der Waals surface area contributed by atoms with Gasteiger partial charge < -0.3 is 9.84 Å². The third-order valence-corrected chi connectivity index (χ3v) is 4.76. The molecule has 0 saturated carbocycles. The van der Waals surface area contributed by atoms with Gasteiger partial charge in [0.05, 0.1) is 10.8 Å². The van der Waals surface area contributed by atoms with Crippen LogP contribution >= 0.6 is 11.8 Å². The Bertz CT molecular complexity index is 764. The standard InChI is InChI=1S/C17H20N4O2S/c1-5-14(16(22)20-15-8-11(4)23-21-15)24-17-12(9-18)6-7-13(19-17)10(2)3/h6-8,10,14H,5H2,1-4H3,(H,20,21,22). The van der Waals surface area contributed by atoms with Crippen molar-refractivity contribution in [2.24, 2.45) is 0 Å². The number of aromatic nitrogens is 2. The summed E-state index contributed by atoms with van der Waals surface area (Å²) in [7, 11) is 0. The molecule has 24 heavy (non-hydrogen) atoms. The van der Waals surface area contributed by atoms with E-state index in [0.29, 0.717) is 28.6 Å². The van der Waals surface area contributed by atoms with E-state index in [4.69, 9.17) is 4.52 Å². The third kappa shape index (κ3) is 4.36. The molecule has 0 aliphatic heterocycles. The van der Waals surface area contributed by atoms with Crippen LogP contribution in [0.25, 0.3) is 0 Å². The van der Waals surface area contributed by atoms with Gasteiger partial charge in [-0.15, -0.1) is 0 Å². The highest BCUT2D eigenvalue weighted by molar-refractivity contribution is 8.00. The molecule has 6 nitrogen and oxygen atoms in total. The van der Waals surface area contributed by atoms with Crippen molar-refractivity contribution in [2.75, 3.05) is 5.32 Å². The summed E-state index contributed by atoms with van der Waals surface area (Å²) >= 11 is 1.30. The van der Waals surface area contributed by atoms with E-state index in [2.05, 4.69) is 21.5 Å². The minimum Gasteiger partial charge on any atom is -0.360 e. The van der Waals surface area contributed by atoms with Crippen LogP contribution in [-0.4, -0.2) is 21.3 Å². The molecular formula is C17H20N4O2S. The van der Waals surface area contributed by atoms with Gasteiger partial charge in [0.25, 0.3) is 0 Å². The Hall–Kier alpha value is -2.33. The van der Waals surface area contributed by atoms with Gasteiger partial charge in [-0.1, -0.05) is 37.7 Å². The number of carbonyl (C=O) groups is 1. The van der Waals surface area contributed by atoms with E-state index in [0.717, 1.165) is 5.69 Å². The number of hydrogen-bond donors (Lipinski definition) is 1. The number of nitriles is 1. The monoisotopic (exact) mass is 344 g/mol. The fraction of sp³-hybridized carbons (Fsp3) is 0.412. The van der Waals surface area contributed by atoms with Crippen LogP contribution in [0.3, 0.4) is 0 Å². The van der Waals surface area contributed by atoms with E-state index in [9.17, 15) is 10.1 Å². The van der Waals surface area contributed by atoms with E-state index in [-0.39, 0.29) is 17.1 Å². The second-order valence-electron chi connectivity index (χ2n) is 5.68. The summed E-state index contributed by atoms with van der Waals surface area (Å²) in [5.74, 6) is 1.09. The molecule has 2 heterocycles. The van der Waals surface area contributed by atoms with E-state index >= 15 is 0 Å². The first-order chi connectivity index (χ1) is 11.4. The molecule has 1 atom stereocenters. The number of amides is 1.